The Morgan fingerprint density at radius 3 is 2.33 bits per heavy atom. The van der Waals surface area contributed by atoms with E-state index in [9.17, 15) is 0 Å². The molecule has 1 aromatic carbocycles. The number of unbranched alkanes of at least 4 members (excludes halogenated alkanes) is 1. The lowest BCUT2D eigenvalue weighted by atomic mass is 9.86. The average Bonchev–Trinajstić information content (AvgIpc) is 2.29. The molecule has 0 heterocycles. The van der Waals surface area contributed by atoms with E-state index in [0.29, 0.717) is 0 Å². The molecule has 0 spiro atoms. The van der Waals surface area contributed by atoms with Gasteiger partial charge in [-0.05, 0) is 56.0 Å². The van der Waals surface area contributed by atoms with Crippen LogP contribution in [-0.4, -0.2) is 20.1 Å². The molecule has 0 aromatic heterocycles. The van der Waals surface area contributed by atoms with Gasteiger partial charge in [0.1, 0.15) is 0 Å². The van der Waals surface area contributed by atoms with E-state index >= 15 is 0 Å². The molecular weight excluding hydrogens is 220 g/mol. The van der Waals surface area contributed by atoms with Gasteiger partial charge in [0.15, 0.2) is 0 Å². The summed E-state index contributed by atoms with van der Waals surface area (Å²) in [5.74, 6) is 0. The van der Waals surface area contributed by atoms with Gasteiger partial charge in [-0.1, -0.05) is 32.9 Å². The maximum atomic E-state index is 3.56. The molecule has 0 aliphatic carbocycles. The van der Waals surface area contributed by atoms with Crippen LogP contribution in [-0.2, 0) is 5.41 Å². The lowest BCUT2D eigenvalue weighted by Gasteiger charge is -2.21. The Morgan fingerprint density at radius 1 is 1.06 bits per heavy atom. The minimum absolute atomic E-state index is 0.219. The minimum Gasteiger partial charge on any atom is -0.385 e. The normalized spacial score (nSPS) is 11.6. The van der Waals surface area contributed by atoms with Gasteiger partial charge in [0.05, 0.1) is 0 Å². The summed E-state index contributed by atoms with van der Waals surface area (Å²) in [7, 11) is 2.00. The van der Waals surface area contributed by atoms with Crippen LogP contribution in [0.15, 0.2) is 18.2 Å². The fourth-order valence-electron chi connectivity index (χ4n) is 1.93. The second-order valence-electron chi connectivity index (χ2n) is 6.02. The second-order valence-corrected chi connectivity index (χ2v) is 6.02. The van der Waals surface area contributed by atoms with Gasteiger partial charge in [0.25, 0.3) is 0 Å². The van der Waals surface area contributed by atoms with Crippen molar-refractivity contribution in [1.29, 1.82) is 0 Å². The molecule has 0 aliphatic heterocycles. The monoisotopic (exact) mass is 248 g/mol. The zero-order valence-electron chi connectivity index (χ0n) is 12.6. The first-order valence-corrected chi connectivity index (χ1v) is 6.95. The van der Waals surface area contributed by atoms with Crippen LogP contribution in [0.1, 0.15) is 44.7 Å². The first kappa shape index (κ1) is 15.0. The average molecular weight is 248 g/mol. The predicted molar refractivity (Wildman–Crippen MR) is 81.5 cm³/mol. The third kappa shape index (κ3) is 4.69. The van der Waals surface area contributed by atoms with Crippen LogP contribution in [0.3, 0.4) is 0 Å². The molecule has 0 unspecified atom stereocenters. The lowest BCUT2D eigenvalue weighted by molar-refractivity contribution is 0.590. The molecule has 0 saturated carbocycles. The molecule has 0 atom stereocenters. The first-order valence-electron chi connectivity index (χ1n) is 6.95. The molecule has 0 saturated heterocycles. The third-order valence-corrected chi connectivity index (χ3v) is 3.27. The van der Waals surface area contributed by atoms with E-state index in [0.717, 1.165) is 13.1 Å². The van der Waals surface area contributed by atoms with Crippen molar-refractivity contribution in [2.75, 3.05) is 25.5 Å². The van der Waals surface area contributed by atoms with E-state index in [1.807, 2.05) is 7.05 Å². The smallest absolute Gasteiger partial charge is 0.0372 e. The molecule has 1 rings (SSSR count). The highest BCUT2D eigenvalue weighted by Crippen LogP contribution is 2.26. The van der Waals surface area contributed by atoms with E-state index in [1.165, 1.54) is 29.7 Å². The number of aryl methyl sites for hydroxylation is 1. The summed E-state index contributed by atoms with van der Waals surface area (Å²) in [6.07, 6.45) is 2.43. The fourth-order valence-corrected chi connectivity index (χ4v) is 1.93. The highest BCUT2D eigenvalue weighted by molar-refractivity contribution is 5.53. The van der Waals surface area contributed by atoms with E-state index in [1.54, 1.807) is 0 Å². The number of rotatable bonds is 6. The zero-order chi connectivity index (χ0) is 13.6. The van der Waals surface area contributed by atoms with Gasteiger partial charge in [-0.3, -0.25) is 0 Å². The molecule has 18 heavy (non-hydrogen) atoms. The molecule has 2 nitrogen and oxygen atoms in total. The zero-order valence-corrected chi connectivity index (χ0v) is 12.6. The molecule has 2 heteroatoms. The van der Waals surface area contributed by atoms with Crippen molar-refractivity contribution in [3.05, 3.63) is 29.3 Å². The maximum Gasteiger partial charge on any atom is 0.0372 e. The van der Waals surface area contributed by atoms with Gasteiger partial charge in [-0.15, -0.1) is 0 Å². The molecule has 102 valence electrons. The topological polar surface area (TPSA) is 24.1 Å². The van der Waals surface area contributed by atoms with Gasteiger partial charge < -0.3 is 10.6 Å². The van der Waals surface area contributed by atoms with Crippen LogP contribution in [0.2, 0.25) is 0 Å². The van der Waals surface area contributed by atoms with Crippen molar-refractivity contribution in [3.8, 4) is 0 Å². The van der Waals surface area contributed by atoms with Crippen molar-refractivity contribution < 1.29 is 0 Å². The molecule has 0 bridgehead atoms. The highest BCUT2D eigenvalue weighted by atomic mass is 14.9. The number of hydrogen-bond acceptors (Lipinski definition) is 2. The van der Waals surface area contributed by atoms with Gasteiger partial charge in [-0.25, -0.2) is 0 Å². The van der Waals surface area contributed by atoms with Gasteiger partial charge in [0, 0.05) is 12.2 Å². The number of nitrogens with one attached hydrogen (secondary N) is 2. The van der Waals surface area contributed by atoms with Gasteiger partial charge in [0.2, 0.25) is 0 Å². The van der Waals surface area contributed by atoms with Crippen molar-refractivity contribution in [2.45, 2.75) is 46.0 Å². The van der Waals surface area contributed by atoms with E-state index in [2.05, 4.69) is 56.5 Å². The number of benzene rings is 1. The van der Waals surface area contributed by atoms with Crippen molar-refractivity contribution in [3.63, 3.8) is 0 Å². The van der Waals surface area contributed by atoms with Crippen molar-refractivity contribution >= 4 is 5.69 Å². The number of anilines is 1. The Bertz CT molecular complexity index is 364. The summed E-state index contributed by atoms with van der Waals surface area (Å²) in [6.45, 7) is 11.1. The standard InChI is InChI=1S/C16H28N2/c1-13-8-9-14(16(2,3)4)12-15(13)18-11-7-6-10-17-5/h8-9,12,17-18H,6-7,10-11H2,1-5H3. The van der Waals surface area contributed by atoms with E-state index in [-0.39, 0.29) is 5.41 Å². The summed E-state index contributed by atoms with van der Waals surface area (Å²) in [5.41, 5.74) is 4.23. The van der Waals surface area contributed by atoms with Gasteiger partial charge in [-0.2, -0.15) is 0 Å². The highest BCUT2D eigenvalue weighted by Gasteiger charge is 2.14. The largest absolute Gasteiger partial charge is 0.385 e. The van der Waals surface area contributed by atoms with E-state index in [4.69, 9.17) is 0 Å². The molecule has 2 N–H and O–H groups in total. The van der Waals surface area contributed by atoms with Crippen LogP contribution >= 0.6 is 0 Å². The Labute approximate surface area is 112 Å². The molecule has 0 radical (unpaired) electrons. The number of hydrogen-bond donors (Lipinski definition) is 2. The van der Waals surface area contributed by atoms with E-state index < -0.39 is 0 Å². The van der Waals surface area contributed by atoms with Crippen molar-refractivity contribution in [2.24, 2.45) is 0 Å². The Morgan fingerprint density at radius 2 is 1.72 bits per heavy atom. The molecule has 1 aromatic rings. The summed E-state index contributed by atoms with van der Waals surface area (Å²) < 4.78 is 0. The SMILES string of the molecule is CNCCCCNc1cc(C(C)(C)C)ccc1C. The summed E-state index contributed by atoms with van der Waals surface area (Å²) in [6, 6.07) is 6.76. The Hall–Kier alpha value is -1.02. The van der Waals surface area contributed by atoms with Crippen LogP contribution < -0.4 is 10.6 Å². The van der Waals surface area contributed by atoms with Crippen LogP contribution in [0, 0.1) is 6.92 Å². The Kier molecular flexibility index (Phi) is 5.67. The van der Waals surface area contributed by atoms with Crippen LogP contribution in [0.4, 0.5) is 5.69 Å². The molecule has 0 amide bonds. The fraction of sp³-hybridized carbons (Fsp3) is 0.625. The molecular formula is C16H28N2. The van der Waals surface area contributed by atoms with Crippen molar-refractivity contribution in [1.82, 2.24) is 5.32 Å². The second kappa shape index (κ2) is 6.79. The van der Waals surface area contributed by atoms with Crippen LogP contribution in [0.25, 0.3) is 0 Å². The Balaban J connectivity index is 2.59. The van der Waals surface area contributed by atoms with Crippen LogP contribution in [0.5, 0.6) is 0 Å². The minimum atomic E-state index is 0.219. The van der Waals surface area contributed by atoms with Gasteiger partial charge >= 0.3 is 0 Å². The quantitative estimate of drug-likeness (QED) is 0.750. The predicted octanol–water partition coefficient (Wildman–Crippen LogP) is 3.70. The third-order valence-electron chi connectivity index (χ3n) is 3.27. The maximum absolute atomic E-state index is 3.56. The first-order chi connectivity index (χ1) is 8.45. The molecule has 0 fully saturated rings. The summed E-state index contributed by atoms with van der Waals surface area (Å²) >= 11 is 0. The summed E-state index contributed by atoms with van der Waals surface area (Å²) in [5, 5.41) is 6.74. The summed E-state index contributed by atoms with van der Waals surface area (Å²) in [4.78, 5) is 0. The molecule has 0 aliphatic rings. The lowest BCUT2D eigenvalue weighted by Crippen LogP contribution is -2.13.